The van der Waals surface area contributed by atoms with Gasteiger partial charge in [-0.3, -0.25) is 9.59 Å². The fraction of sp³-hybridized carbons (Fsp3) is 0.545. The molecular formula is C33H44Cl2N4O5. The van der Waals surface area contributed by atoms with E-state index in [1.807, 2.05) is 19.1 Å². The minimum atomic E-state index is -0.201. The fourth-order valence-corrected chi connectivity index (χ4v) is 6.61. The molecule has 2 heterocycles. The molecule has 0 N–H and O–H groups in total. The molecule has 44 heavy (non-hydrogen) atoms. The first-order chi connectivity index (χ1) is 21.2. The molecule has 2 aromatic rings. The summed E-state index contributed by atoms with van der Waals surface area (Å²) in [5.41, 5.74) is 2.91. The summed E-state index contributed by atoms with van der Waals surface area (Å²) in [6, 6.07) is 9.38. The van der Waals surface area contributed by atoms with Crippen LogP contribution in [0.5, 0.6) is 11.5 Å². The average molecular weight is 648 g/mol. The van der Waals surface area contributed by atoms with Crippen LogP contribution in [-0.2, 0) is 9.63 Å². The zero-order valence-corrected chi connectivity index (χ0v) is 27.9. The van der Waals surface area contributed by atoms with Crippen LogP contribution in [0.1, 0.15) is 65.9 Å². The molecule has 0 spiro atoms. The number of amides is 2. The number of methoxy groups -OCH3 is 2. The normalized spacial score (nSPS) is 17.4. The third kappa shape index (κ3) is 8.17. The Morgan fingerprint density at radius 3 is 2.30 bits per heavy atom. The Bertz CT molecular complexity index is 1320. The number of rotatable bonds is 12. The third-order valence-corrected chi connectivity index (χ3v) is 9.53. The van der Waals surface area contributed by atoms with Crippen LogP contribution in [0.2, 0.25) is 10.0 Å². The van der Waals surface area contributed by atoms with Crippen molar-refractivity contribution in [2.75, 3.05) is 61.1 Å². The van der Waals surface area contributed by atoms with Crippen molar-refractivity contribution in [3.8, 4) is 11.5 Å². The maximum Gasteiger partial charge on any atom is 0.254 e. The van der Waals surface area contributed by atoms with E-state index >= 15 is 0 Å². The van der Waals surface area contributed by atoms with E-state index in [2.05, 4.69) is 15.0 Å². The van der Waals surface area contributed by atoms with Gasteiger partial charge in [-0.1, -0.05) is 34.4 Å². The summed E-state index contributed by atoms with van der Waals surface area (Å²) in [4.78, 5) is 37.6. The molecule has 2 saturated heterocycles. The third-order valence-electron chi connectivity index (χ3n) is 8.79. The van der Waals surface area contributed by atoms with Crippen LogP contribution in [0.25, 0.3) is 0 Å². The van der Waals surface area contributed by atoms with Gasteiger partial charge in [0.05, 0.1) is 36.5 Å². The number of likely N-dealkylation sites (tertiary alicyclic amines) is 2. The van der Waals surface area contributed by atoms with E-state index in [1.54, 1.807) is 44.4 Å². The minimum Gasteiger partial charge on any atom is -0.496 e. The lowest BCUT2D eigenvalue weighted by Gasteiger charge is -2.40. The number of nitrogens with zero attached hydrogens (tertiary/aromatic N) is 4. The SMILES string of the molecule is CO/N=C(/CN(C)C(=O)c1cc(OC)c(C)c(OC)c1)C(CCN1CCC(N2CCCCC2=O)CC1)c1ccc(Cl)c(Cl)c1. The molecule has 9 nitrogen and oxygen atoms in total. The van der Waals surface area contributed by atoms with Crippen LogP contribution in [-0.4, -0.2) is 99.4 Å². The molecule has 2 aliphatic heterocycles. The Balaban J connectivity index is 1.51. The summed E-state index contributed by atoms with van der Waals surface area (Å²) < 4.78 is 11.0. The standard InChI is InChI=1S/C33H44Cl2N4O5/c1-22-30(42-3)19-24(20-31(22)43-4)33(41)37(2)21-29(36-44-5)26(23-9-10-27(34)28(35)18-23)13-17-38-15-11-25(12-16-38)39-14-7-6-8-32(39)40/h9-10,18-20,25-26H,6-8,11-17,21H2,1-5H3/b36-29-. The Kier molecular flexibility index (Phi) is 12.2. The van der Waals surface area contributed by atoms with Gasteiger partial charge in [0.1, 0.15) is 18.6 Å². The Morgan fingerprint density at radius 1 is 1.02 bits per heavy atom. The first-order valence-corrected chi connectivity index (χ1v) is 16.0. The largest absolute Gasteiger partial charge is 0.496 e. The minimum absolute atomic E-state index is 0.177. The molecule has 240 valence electrons. The summed E-state index contributed by atoms with van der Waals surface area (Å²) in [7, 11) is 6.39. The van der Waals surface area contributed by atoms with Crippen molar-refractivity contribution in [1.29, 1.82) is 0 Å². The molecule has 0 aromatic heterocycles. The van der Waals surface area contributed by atoms with Crippen molar-refractivity contribution in [2.24, 2.45) is 5.16 Å². The molecular weight excluding hydrogens is 603 g/mol. The molecule has 4 rings (SSSR count). The molecule has 11 heteroatoms. The van der Waals surface area contributed by atoms with Crippen LogP contribution in [0, 0.1) is 6.92 Å². The van der Waals surface area contributed by atoms with Gasteiger partial charge in [-0.25, -0.2) is 0 Å². The molecule has 1 atom stereocenters. The molecule has 2 aromatic carbocycles. The molecule has 0 aliphatic carbocycles. The summed E-state index contributed by atoms with van der Waals surface area (Å²) >= 11 is 12.7. The van der Waals surface area contributed by atoms with E-state index in [0.29, 0.717) is 51.2 Å². The number of piperidine rings is 2. The van der Waals surface area contributed by atoms with E-state index in [1.165, 1.54) is 7.11 Å². The van der Waals surface area contributed by atoms with Crippen molar-refractivity contribution in [3.05, 3.63) is 57.1 Å². The monoisotopic (exact) mass is 646 g/mol. The molecule has 0 saturated carbocycles. The van der Waals surface area contributed by atoms with Crippen molar-refractivity contribution in [1.82, 2.24) is 14.7 Å². The smallest absolute Gasteiger partial charge is 0.254 e. The summed E-state index contributed by atoms with van der Waals surface area (Å²) in [5, 5.41) is 5.37. The van der Waals surface area contributed by atoms with Gasteiger partial charge in [0.25, 0.3) is 5.91 Å². The first kappa shape index (κ1) is 33.9. The lowest BCUT2D eigenvalue weighted by atomic mass is 9.89. The summed E-state index contributed by atoms with van der Waals surface area (Å²) in [6.07, 6.45) is 5.47. The highest BCUT2D eigenvalue weighted by molar-refractivity contribution is 6.42. The predicted octanol–water partition coefficient (Wildman–Crippen LogP) is 6.04. The lowest BCUT2D eigenvalue weighted by Crippen LogP contribution is -2.49. The van der Waals surface area contributed by atoms with E-state index in [0.717, 1.165) is 69.4 Å². The second kappa shape index (κ2) is 15.8. The van der Waals surface area contributed by atoms with Gasteiger partial charge in [-0.15, -0.1) is 0 Å². The van der Waals surface area contributed by atoms with Gasteiger partial charge < -0.3 is 29.0 Å². The van der Waals surface area contributed by atoms with Gasteiger partial charge >= 0.3 is 0 Å². The maximum atomic E-state index is 13.6. The Morgan fingerprint density at radius 2 is 1.70 bits per heavy atom. The average Bonchev–Trinajstić information content (AvgIpc) is 3.03. The molecule has 0 radical (unpaired) electrons. The van der Waals surface area contributed by atoms with Crippen molar-refractivity contribution in [2.45, 2.75) is 57.4 Å². The second-order valence-electron chi connectivity index (χ2n) is 11.6. The van der Waals surface area contributed by atoms with Crippen LogP contribution in [0.4, 0.5) is 0 Å². The number of halogens is 2. The van der Waals surface area contributed by atoms with E-state index in [4.69, 9.17) is 37.5 Å². The number of oxime groups is 1. The van der Waals surface area contributed by atoms with Gasteiger partial charge in [0.15, 0.2) is 0 Å². The van der Waals surface area contributed by atoms with Crippen LogP contribution < -0.4 is 9.47 Å². The lowest BCUT2D eigenvalue weighted by molar-refractivity contribution is -0.136. The zero-order valence-electron chi connectivity index (χ0n) is 26.4. The molecule has 2 aliphatic rings. The fourth-order valence-electron chi connectivity index (χ4n) is 6.30. The number of carbonyl (C=O) groups is 2. The highest BCUT2D eigenvalue weighted by Gasteiger charge is 2.31. The number of ether oxygens (including phenoxy) is 2. The van der Waals surface area contributed by atoms with Crippen molar-refractivity contribution in [3.63, 3.8) is 0 Å². The molecule has 1 unspecified atom stereocenters. The highest BCUT2D eigenvalue weighted by atomic mass is 35.5. The summed E-state index contributed by atoms with van der Waals surface area (Å²) in [6.45, 7) is 5.67. The summed E-state index contributed by atoms with van der Waals surface area (Å²) in [5.74, 6) is 1.08. The number of hydrogen-bond donors (Lipinski definition) is 0. The van der Waals surface area contributed by atoms with E-state index in [-0.39, 0.29) is 18.4 Å². The highest BCUT2D eigenvalue weighted by Crippen LogP contribution is 2.32. The van der Waals surface area contributed by atoms with E-state index in [9.17, 15) is 9.59 Å². The number of carbonyl (C=O) groups excluding carboxylic acids is 2. The van der Waals surface area contributed by atoms with Crippen LogP contribution in [0.3, 0.4) is 0 Å². The Labute approximate surface area is 271 Å². The quantitative estimate of drug-likeness (QED) is 0.206. The maximum absolute atomic E-state index is 13.6. The number of hydrogen-bond acceptors (Lipinski definition) is 7. The second-order valence-corrected chi connectivity index (χ2v) is 12.4. The first-order valence-electron chi connectivity index (χ1n) is 15.2. The van der Waals surface area contributed by atoms with Gasteiger partial charge in [-0.2, -0.15) is 0 Å². The molecule has 0 bridgehead atoms. The van der Waals surface area contributed by atoms with Crippen molar-refractivity contribution < 1.29 is 23.9 Å². The van der Waals surface area contributed by atoms with Crippen molar-refractivity contribution >= 4 is 40.7 Å². The van der Waals surface area contributed by atoms with Gasteiger partial charge in [0.2, 0.25) is 5.91 Å². The number of benzene rings is 2. The van der Waals surface area contributed by atoms with Gasteiger partial charge in [-0.05, 0) is 75.4 Å². The Hall–Kier alpha value is -3.01. The van der Waals surface area contributed by atoms with Gasteiger partial charge in [0, 0.05) is 56.2 Å². The predicted molar refractivity (Wildman–Crippen MR) is 175 cm³/mol. The van der Waals surface area contributed by atoms with Crippen LogP contribution >= 0.6 is 23.2 Å². The van der Waals surface area contributed by atoms with Crippen LogP contribution in [0.15, 0.2) is 35.5 Å². The topological polar surface area (TPSA) is 83.9 Å². The van der Waals surface area contributed by atoms with E-state index < -0.39 is 0 Å². The molecule has 2 amide bonds. The zero-order chi connectivity index (χ0) is 31.8. The molecule has 2 fully saturated rings.